The van der Waals surface area contributed by atoms with Crippen molar-refractivity contribution in [2.45, 2.75) is 31.9 Å². The third kappa shape index (κ3) is 3.30. The highest BCUT2D eigenvalue weighted by Crippen LogP contribution is 2.39. The Kier molecular flexibility index (Phi) is 5.15. The van der Waals surface area contributed by atoms with Crippen LogP contribution in [0.3, 0.4) is 0 Å². The lowest BCUT2D eigenvalue weighted by Crippen LogP contribution is -2.27. The van der Waals surface area contributed by atoms with Crippen LogP contribution in [0, 0.1) is 5.92 Å². The number of rotatable bonds is 4. The van der Waals surface area contributed by atoms with Crippen molar-refractivity contribution in [1.29, 1.82) is 0 Å². The summed E-state index contributed by atoms with van der Waals surface area (Å²) in [4.78, 5) is 0. The van der Waals surface area contributed by atoms with Gasteiger partial charge in [0.1, 0.15) is 5.75 Å². The molecule has 1 fully saturated rings. The largest absolute Gasteiger partial charge is 0.434 e. The topological polar surface area (TPSA) is 35.2 Å². The number of halogens is 3. The van der Waals surface area contributed by atoms with Crippen LogP contribution in [0.2, 0.25) is 0 Å². The summed E-state index contributed by atoms with van der Waals surface area (Å²) in [5, 5.41) is 0. The number of nitrogens with two attached hydrogens (primary N) is 1. The van der Waals surface area contributed by atoms with Gasteiger partial charge in [-0.1, -0.05) is 24.6 Å². The molecule has 1 aromatic carbocycles. The first-order chi connectivity index (χ1) is 7.68. The van der Waals surface area contributed by atoms with Crippen LogP contribution in [0.5, 0.6) is 5.75 Å². The molecule has 1 aromatic rings. The van der Waals surface area contributed by atoms with Crippen LogP contribution in [0.1, 0.15) is 30.9 Å². The maximum Gasteiger partial charge on any atom is 0.387 e. The van der Waals surface area contributed by atoms with Gasteiger partial charge in [-0.15, -0.1) is 12.4 Å². The van der Waals surface area contributed by atoms with E-state index in [1.54, 1.807) is 24.3 Å². The Balaban J connectivity index is 0.00000144. The van der Waals surface area contributed by atoms with Crippen molar-refractivity contribution in [3.63, 3.8) is 0 Å². The molecule has 96 valence electrons. The molecular formula is C12H16ClF2NO. The molecule has 0 aliphatic heterocycles. The number of hydrogen-bond donors (Lipinski definition) is 1. The fourth-order valence-corrected chi connectivity index (χ4v) is 2.01. The van der Waals surface area contributed by atoms with E-state index in [1.807, 2.05) is 0 Å². The minimum Gasteiger partial charge on any atom is -0.434 e. The minimum absolute atomic E-state index is 0. The first-order valence-electron chi connectivity index (χ1n) is 5.48. The molecule has 5 heteroatoms. The highest BCUT2D eigenvalue weighted by atomic mass is 35.5. The third-order valence-electron chi connectivity index (χ3n) is 3.15. The average molecular weight is 264 g/mol. The Morgan fingerprint density at radius 2 is 1.88 bits per heavy atom. The summed E-state index contributed by atoms with van der Waals surface area (Å²) in [5.41, 5.74) is 6.74. The van der Waals surface area contributed by atoms with Crippen LogP contribution < -0.4 is 10.5 Å². The summed E-state index contributed by atoms with van der Waals surface area (Å²) in [5.74, 6) is 0.610. The van der Waals surface area contributed by atoms with Crippen LogP contribution in [-0.4, -0.2) is 6.61 Å². The summed E-state index contributed by atoms with van der Waals surface area (Å²) in [6.45, 7) is -2.80. The molecule has 0 radical (unpaired) electrons. The molecule has 2 rings (SSSR count). The zero-order valence-corrected chi connectivity index (χ0v) is 10.1. The summed E-state index contributed by atoms with van der Waals surface area (Å²) < 4.78 is 28.9. The number of benzene rings is 1. The molecule has 0 saturated heterocycles. The molecule has 17 heavy (non-hydrogen) atoms. The van der Waals surface area contributed by atoms with Gasteiger partial charge in [0.25, 0.3) is 0 Å². The molecule has 1 atom stereocenters. The zero-order valence-electron chi connectivity index (χ0n) is 9.31. The van der Waals surface area contributed by atoms with E-state index >= 15 is 0 Å². The third-order valence-corrected chi connectivity index (χ3v) is 3.15. The Labute approximate surface area is 106 Å². The SMILES string of the molecule is Cl.N[C@H](c1ccccc1OC(F)F)C1CCC1. The number of ether oxygens (including phenoxy) is 1. The first-order valence-corrected chi connectivity index (χ1v) is 5.48. The van der Waals surface area contributed by atoms with E-state index in [4.69, 9.17) is 5.73 Å². The zero-order chi connectivity index (χ0) is 11.5. The molecule has 1 aliphatic rings. The molecule has 0 bridgehead atoms. The molecule has 0 spiro atoms. The monoisotopic (exact) mass is 263 g/mol. The lowest BCUT2D eigenvalue weighted by atomic mass is 9.77. The van der Waals surface area contributed by atoms with Crippen LogP contribution in [-0.2, 0) is 0 Å². The highest BCUT2D eigenvalue weighted by Gasteiger charge is 2.27. The first kappa shape index (κ1) is 14.2. The lowest BCUT2D eigenvalue weighted by Gasteiger charge is -2.32. The summed E-state index contributed by atoms with van der Waals surface area (Å²) in [6.07, 6.45) is 3.32. The minimum atomic E-state index is -2.80. The van der Waals surface area contributed by atoms with Crippen LogP contribution in [0.15, 0.2) is 24.3 Å². The standard InChI is InChI=1S/C12H15F2NO.ClH/c13-12(14)16-10-7-2-1-6-9(10)11(15)8-4-3-5-8;/h1-2,6-8,11-12H,3-5,15H2;1H/t11-;/m0./s1. The molecule has 2 nitrogen and oxygen atoms in total. The Morgan fingerprint density at radius 3 is 2.41 bits per heavy atom. The van der Waals surface area contributed by atoms with E-state index in [-0.39, 0.29) is 24.2 Å². The van der Waals surface area contributed by atoms with Gasteiger partial charge in [0, 0.05) is 11.6 Å². The molecule has 1 aliphatic carbocycles. The van der Waals surface area contributed by atoms with Crippen molar-refractivity contribution in [3.05, 3.63) is 29.8 Å². The molecule has 0 heterocycles. The van der Waals surface area contributed by atoms with Gasteiger partial charge in [0.2, 0.25) is 0 Å². The maximum absolute atomic E-state index is 12.2. The summed E-state index contributed by atoms with van der Waals surface area (Å²) in [7, 11) is 0. The van der Waals surface area contributed by atoms with Gasteiger partial charge in [-0.25, -0.2) is 0 Å². The fraction of sp³-hybridized carbons (Fsp3) is 0.500. The van der Waals surface area contributed by atoms with E-state index in [9.17, 15) is 8.78 Å². The van der Waals surface area contributed by atoms with E-state index < -0.39 is 6.61 Å². The molecule has 0 amide bonds. The predicted molar refractivity (Wildman–Crippen MR) is 64.6 cm³/mol. The molecule has 2 N–H and O–H groups in total. The van der Waals surface area contributed by atoms with Crippen LogP contribution in [0.25, 0.3) is 0 Å². The van der Waals surface area contributed by atoms with Gasteiger partial charge >= 0.3 is 6.61 Å². The molecular weight excluding hydrogens is 248 g/mol. The van der Waals surface area contributed by atoms with Gasteiger partial charge in [-0.2, -0.15) is 8.78 Å². The van der Waals surface area contributed by atoms with Crippen LogP contribution >= 0.6 is 12.4 Å². The Hall–Kier alpha value is -0.870. The van der Waals surface area contributed by atoms with Gasteiger partial charge in [-0.3, -0.25) is 0 Å². The Morgan fingerprint density at radius 1 is 1.24 bits per heavy atom. The van der Waals surface area contributed by atoms with E-state index in [0.29, 0.717) is 11.5 Å². The fourth-order valence-electron chi connectivity index (χ4n) is 2.01. The summed E-state index contributed by atoms with van der Waals surface area (Å²) >= 11 is 0. The van der Waals surface area contributed by atoms with Crippen LogP contribution in [0.4, 0.5) is 8.78 Å². The van der Waals surface area contributed by atoms with E-state index in [1.165, 1.54) is 6.42 Å². The van der Waals surface area contributed by atoms with Crippen molar-refractivity contribution in [3.8, 4) is 5.75 Å². The van der Waals surface area contributed by atoms with Crippen molar-refractivity contribution in [2.75, 3.05) is 0 Å². The van der Waals surface area contributed by atoms with Gasteiger partial charge in [-0.05, 0) is 24.8 Å². The van der Waals surface area contributed by atoms with Crippen molar-refractivity contribution in [2.24, 2.45) is 11.7 Å². The lowest BCUT2D eigenvalue weighted by molar-refractivity contribution is -0.0508. The second-order valence-corrected chi connectivity index (χ2v) is 4.13. The highest BCUT2D eigenvalue weighted by molar-refractivity contribution is 5.85. The predicted octanol–water partition coefficient (Wildman–Crippen LogP) is 3.51. The summed E-state index contributed by atoms with van der Waals surface area (Å²) in [6, 6.07) is 6.59. The average Bonchev–Trinajstić information content (AvgIpc) is 2.14. The van der Waals surface area contributed by atoms with Gasteiger partial charge < -0.3 is 10.5 Å². The second-order valence-electron chi connectivity index (χ2n) is 4.13. The molecule has 0 unspecified atom stereocenters. The second kappa shape index (κ2) is 6.17. The van der Waals surface area contributed by atoms with Gasteiger partial charge in [0.15, 0.2) is 0 Å². The number of para-hydroxylation sites is 1. The Bertz CT molecular complexity index is 358. The molecule has 0 aromatic heterocycles. The van der Waals surface area contributed by atoms with E-state index in [0.717, 1.165) is 12.8 Å². The molecule has 1 saturated carbocycles. The maximum atomic E-state index is 12.2. The number of hydrogen-bond acceptors (Lipinski definition) is 2. The van der Waals surface area contributed by atoms with Gasteiger partial charge in [0.05, 0.1) is 0 Å². The smallest absolute Gasteiger partial charge is 0.387 e. The van der Waals surface area contributed by atoms with Crippen molar-refractivity contribution < 1.29 is 13.5 Å². The van der Waals surface area contributed by atoms with Crippen molar-refractivity contribution in [1.82, 2.24) is 0 Å². The van der Waals surface area contributed by atoms with Crippen molar-refractivity contribution >= 4 is 12.4 Å². The quantitative estimate of drug-likeness (QED) is 0.902. The van der Waals surface area contributed by atoms with E-state index in [2.05, 4.69) is 4.74 Å². The number of alkyl halides is 2. The normalized spacial score (nSPS) is 17.2.